The molecule has 0 saturated carbocycles. The van der Waals surface area contributed by atoms with E-state index in [1.807, 2.05) is 30.5 Å². The second kappa shape index (κ2) is 7.76. The van der Waals surface area contributed by atoms with E-state index in [9.17, 15) is 9.59 Å². The maximum absolute atomic E-state index is 12.6. The molecule has 1 amide bonds. The van der Waals surface area contributed by atoms with Crippen LogP contribution in [0.5, 0.6) is 0 Å². The lowest BCUT2D eigenvalue weighted by molar-refractivity contribution is 0.101. The summed E-state index contributed by atoms with van der Waals surface area (Å²) in [7, 11) is 0. The van der Waals surface area contributed by atoms with Gasteiger partial charge in [-0.3, -0.25) is 9.59 Å². The van der Waals surface area contributed by atoms with Crippen LogP contribution in [-0.4, -0.2) is 21.9 Å². The monoisotopic (exact) mass is 385 g/mol. The van der Waals surface area contributed by atoms with Gasteiger partial charge in [0.1, 0.15) is 0 Å². The van der Waals surface area contributed by atoms with Gasteiger partial charge in [-0.15, -0.1) is 11.8 Å². The van der Waals surface area contributed by atoms with Gasteiger partial charge < -0.3 is 5.32 Å². The van der Waals surface area contributed by atoms with Crippen LogP contribution in [0, 0.1) is 6.92 Å². The fourth-order valence-electron chi connectivity index (χ4n) is 2.46. The SMILES string of the molecule is CSc1cccc(NC(=O)c2nn(-c3ccccc3Cl)c(C)cc2=O)c1. The van der Waals surface area contributed by atoms with Gasteiger partial charge in [0.25, 0.3) is 5.91 Å². The minimum absolute atomic E-state index is 0.190. The van der Waals surface area contributed by atoms with Crippen molar-refractivity contribution in [2.24, 2.45) is 0 Å². The van der Waals surface area contributed by atoms with Crippen LogP contribution in [0.3, 0.4) is 0 Å². The summed E-state index contributed by atoms with van der Waals surface area (Å²) >= 11 is 7.79. The van der Waals surface area contributed by atoms with Crippen molar-refractivity contribution in [3.8, 4) is 5.69 Å². The van der Waals surface area contributed by atoms with Crippen LogP contribution >= 0.6 is 23.4 Å². The zero-order chi connectivity index (χ0) is 18.7. The van der Waals surface area contributed by atoms with Gasteiger partial charge in [-0.2, -0.15) is 5.10 Å². The highest BCUT2D eigenvalue weighted by Crippen LogP contribution is 2.21. The number of nitrogens with zero attached hydrogens (tertiary/aromatic N) is 2. The van der Waals surface area contributed by atoms with Crippen molar-refractivity contribution in [3.05, 3.63) is 81.2 Å². The van der Waals surface area contributed by atoms with Gasteiger partial charge in [-0.1, -0.05) is 29.8 Å². The lowest BCUT2D eigenvalue weighted by Crippen LogP contribution is -2.27. The second-order valence-corrected chi connectivity index (χ2v) is 6.83. The summed E-state index contributed by atoms with van der Waals surface area (Å²) in [4.78, 5) is 25.9. The van der Waals surface area contributed by atoms with Crippen molar-refractivity contribution >= 4 is 35.0 Å². The van der Waals surface area contributed by atoms with Crippen molar-refractivity contribution in [1.29, 1.82) is 0 Å². The number of aromatic nitrogens is 2. The summed E-state index contributed by atoms with van der Waals surface area (Å²) in [5.74, 6) is -0.561. The maximum atomic E-state index is 12.6. The molecule has 0 saturated heterocycles. The summed E-state index contributed by atoms with van der Waals surface area (Å²) in [6, 6.07) is 15.9. The van der Waals surface area contributed by atoms with E-state index in [0.717, 1.165) is 4.90 Å². The summed E-state index contributed by atoms with van der Waals surface area (Å²) in [6.45, 7) is 1.74. The molecule has 5 nitrogen and oxygen atoms in total. The highest BCUT2D eigenvalue weighted by atomic mass is 35.5. The fourth-order valence-corrected chi connectivity index (χ4v) is 3.14. The van der Waals surface area contributed by atoms with Gasteiger partial charge in [0.05, 0.1) is 10.7 Å². The number of halogens is 1. The van der Waals surface area contributed by atoms with Crippen LogP contribution in [-0.2, 0) is 0 Å². The molecular weight excluding hydrogens is 370 g/mol. The molecule has 0 atom stereocenters. The van der Waals surface area contributed by atoms with Gasteiger partial charge in [0.15, 0.2) is 5.69 Å². The first kappa shape index (κ1) is 18.2. The number of thioether (sulfide) groups is 1. The standard InChI is InChI=1S/C19H16ClN3O2S/c1-12-10-17(24)18(22-23(12)16-9-4-3-8-15(16)20)19(25)21-13-6-5-7-14(11-13)26-2/h3-11H,1-2H3,(H,21,25). The first-order valence-electron chi connectivity index (χ1n) is 7.81. The number of anilines is 1. The quantitative estimate of drug-likeness (QED) is 0.684. The Kier molecular flexibility index (Phi) is 5.44. The van der Waals surface area contributed by atoms with E-state index < -0.39 is 11.3 Å². The lowest BCUT2D eigenvalue weighted by atomic mass is 10.2. The van der Waals surface area contributed by atoms with E-state index in [4.69, 9.17) is 11.6 Å². The number of hydrogen-bond acceptors (Lipinski definition) is 4. The third kappa shape index (κ3) is 3.81. The molecule has 1 aromatic heterocycles. The average molecular weight is 386 g/mol. The van der Waals surface area contributed by atoms with Gasteiger partial charge in [-0.25, -0.2) is 4.68 Å². The number of hydrogen-bond donors (Lipinski definition) is 1. The molecule has 3 aromatic rings. The highest BCUT2D eigenvalue weighted by molar-refractivity contribution is 7.98. The van der Waals surface area contributed by atoms with Crippen molar-refractivity contribution in [1.82, 2.24) is 9.78 Å². The number of carbonyl (C=O) groups excluding carboxylic acids is 1. The Balaban J connectivity index is 1.99. The van der Waals surface area contributed by atoms with E-state index in [1.165, 1.54) is 10.7 Å². The van der Waals surface area contributed by atoms with Gasteiger partial charge in [0, 0.05) is 22.3 Å². The molecule has 0 radical (unpaired) electrons. The number of rotatable bonds is 4. The number of para-hydroxylation sites is 1. The summed E-state index contributed by atoms with van der Waals surface area (Å²) < 4.78 is 1.50. The van der Waals surface area contributed by atoms with E-state index in [2.05, 4.69) is 10.4 Å². The zero-order valence-electron chi connectivity index (χ0n) is 14.2. The predicted molar refractivity (Wildman–Crippen MR) is 106 cm³/mol. The van der Waals surface area contributed by atoms with Crippen LogP contribution in [0.25, 0.3) is 5.69 Å². The molecule has 0 aliphatic heterocycles. The van der Waals surface area contributed by atoms with Gasteiger partial charge >= 0.3 is 0 Å². The topological polar surface area (TPSA) is 64.0 Å². The van der Waals surface area contributed by atoms with E-state index >= 15 is 0 Å². The normalized spacial score (nSPS) is 10.6. The van der Waals surface area contributed by atoms with E-state index in [-0.39, 0.29) is 5.69 Å². The van der Waals surface area contributed by atoms with Crippen LogP contribution < -0.4 is 10.7 Å². The number of benzene rings is 2. The minimum atomic E-state index is -0.561. The third-order valence-electron chi connectivity index (χ3n) is 3.73. The van der Waals surface area contributed by atoms with Crippen molar-refractivity contribution in [2.45, 2.75) is 11.8 Å². The largest absolute Gasteiger partial charge is 0.320 e. The first-order valence-corrected chi connectivity index (χ1v) is 9.41. The number of carbonyl (C=O) groups is 1. The van der Waals surface area contributed by atoms with Gasteiger partial charge in [0.2, 0.25) is 5.43 Å². The Labute approximate surface area is 160 Å². The molecule has 2 aromatic carbocycles. The molecule has 0 aliphatic rings. The number of nitrogens with one attached hydrogen (secondary N) is 1. The number of amides is 1. The zero-order valence-corrected chi connectivity index (χ0v) is 15.8. The number of aryl methyl sites for hydroxylation is 1. The molecule has 26 heavy (non-hydrogen) atoms. The lowest BCUT2D eigenvalue weighted by Gasteiger charge is -2.12. The summed E-state index contributed by atoms with van der Waals surface area (Å²) in [6.07, 6.45) is 1.95. The second-order valence-electron chi connectivity index (χ2n) is 5.55. The molecular formula is C19H16ClN3O2S. The van der Waals surface area contributed by atoms with Crippen LogP contribution in [0.4, 0.5) is 5.69 Å². The van der Waals surface area contributed by atoms with Crippen molar-refractivity contribution in [2.75, 3.05) is 11.6 Å². The molecule has 0 bridgehead atoms. The molecule has 0 unspecified atom stereocenters. The predicted octanol–water partition coefficient (Wildman–Crippen LogP) is 4.17. The Morgan fingerprint density at radius 1 is 1.15 bits per heavy atom. The molecule has 0 spiro atoms. The smallest absolute Gasteiger partial charge is 0.280 e. The molecule has 132 valence electrons. The molecule has 1 heterocycles. The van der Waals surface area contributed by atoms with Crippen LogP contribution in [0.1, 0.15) is 16.2 Å². The van der Waals surface area contributed by atoms with Crippen molar-refractivity contribution < 1.29 is 4.79 Å². The summed E-state index contributed by atoms with van der Waals surface area (Å²) in [5.41, 5.74) is 1.16. The van der Waals surface area contributed by atoms with Gasteiger partial charge in [-0.05, 0) is 43.5 Å². The van der Waals surface area contributed by atoms with E-state index in [0.29, 0.717) is 22.1 Å². The molecule has 7 heteroatoms. The Morgan fingerprint density at radius 3 is 2.65 bits per heavy atom. The van der Waals surface area contributed by atoms with Crippen LogP contribution in [0.15, 0.2) is 64.3 Å². The first-order chi connectivity index (χ1) is 12.5. The Morgan fingerprint density at radius 2 is 1.92 bits per heavy atom. The molecule has 0 aliphatic carbocycles. The average Bonchev–Trinajstić information content (AvgIpc) is 2.63. The van der Waals surface area contributed by atoms with E-state index in [1.54, 1.807) is 43.0 Å². The molecule has 1 N–H and O–H groups in total. The Hall–Kier alpha value is -2.57. The molecule has 0 fully saturated rings. The Bertz CT molecular complexity index is 1030. The molecule has 3 rings (SSSR count). The highest BCUT2D eigenvalue weighted by Gasteiger charge is 2.16. The minimum Gasteiger partial charge on any atom is -0.320 e. The summed E-state index contributed by atoms with van der Waals surface area (Å²) in [5, 5.41) is 7.45. The fraction of sp³-hybridized carbons (Fsp3) is 0.105. The van der Waals surface area contributed by atoms with Crippen molar-refractivity contribution in [3.63, 3.8) is 0 Å². The maximum Gasteiger partial charge on any atom is 0.280 e. The third-order valence-corrected chi connectivity index (χ3v) is 4.78. The van der Waals surface area contributed by atoms with Crippen LogP contribution in [0.2, 0.25) is 5.02 Å².